The molecule has 0 N–H and O–H groups in total. The van der Waals surface area contributed by atoms with E-state index in [1.165, 1.54) is 64.2 Å². The van der Waals surface area contributed by atoms with Gasteiger partial charge in [0, 0.05) is 5.92 Å². The van der Waals surface area contributed by atoms with Crippen LogP contribution in [0.4, 0.5) is 0 Å². The van der Waals surface area contributed by atoms with Crippen molar-refractivity contribution in [2.45, 2.75) is 108 Å². The molecule has 0 spiro atoms. The third-order valence-corrected chi connectivity index (χ3v) is 7.49. The second-order valence-corrected chi connectivity index (χ2v) is 8.78. The molecule has 2 aliphatic rings. The average Bonchev–Trinajstić information content (AvgIpc) is 2.69. The third-order valence-electron chi connectivity index (χ3n) is 5.95. The number of hydrogen-bond donors (Lipinski definition) is 0. The fraction of sp³-hybridized carbons (Fsp3) is 1.00. The van der Waals surface area contributed by atoms with Crippen LogP contribution in [0.3, 0.4) is 0 Å². The molecule has 0 aromatic carbocycles. The highest BCUT2D eigenvalue weighted by atomic mass is 31.1. The SMILES string of the molecule is O=[P+]([O-])C1(C2CCCCCCCC2)CCCCCCCC1. The quantitative estimate of drug-likeness (QED) is 0.612. The molecule has 2 rings (SSSR count). The van der Waals surface area contributed by atoms with Gasteiger partial charge in [-0.15, -0.1) is 0 Å². The molecule has 0 heterocycles. The van der Waals surface area contributed by atoms with E-state index in [4.69, 9.17) is 0 Å². The van der Waals surface area contributed by atoms with Crippen molar-refractivity contribution in [1.82, 2.24) is 0 Å². The zero-order chi connectivity index (χ0) is 15.0. The summed E-state index contributed by atoms with van der Waals surface area (Å²) >= 11 is 0. The van der Waals surface area contributed by atoms with Crippen molar-refractivity contribution >= 4 is 8.03 Å². The molecular weight excluding hydrogens is 279 g/mol. The molecule has 21 heavy (non-hydrogen) atoms. The van der Waals surface area contributed by atoms with E-state index < -0.39 is 8.03 Å². The molecule has 0 saturated heterocycles. The van der Waals surface area contributed by atoms with Gasteiger partial charge in [0.15, 0.2) is 5.16 Å². The largest absolute Gasteiger partial charge is 0.595 e. The number of hydrogen-bond acceptors (Lipinski definition) is 2. The van der Waals surface area contributed by atoms with Gasteiger partial charge in [0.1, 0.15) is 0 Å². The Labute approximate surface area is 132 Å². The molecule has 0 aromatic rings. The molecule has 2 aliphatic carbocycles. The second kappa shape index (κ2) is 9.26. The van der Waals surface area contributed by atoms with Gasteiger partial charge in [-0.2, -0.15) is 0 Å². The van der Waals surface area contributed by atoms with Gasteiger partial charge < -0.3 is 4.89 Å². The van der Waals surface area contributed by atoms with Crippen molar-refractivity contribution in [3.8, 4) is 0 Å². The van der Waals surface area contributed by atoms with E-state index in [0.29, 0.717) is 5.92 Å². The molecule has 3 heteroatoms. The average molecular weight is 312 g/mol. The highest BCUT2D eigenvalue weighted by molar-refractivity contribution is 7.38. The van der Waals surface area contributed by atoms with E-state index >= 15 is 0 Å². The van der Waals surface area contributed by atoms with Gasteiger partial charge in [-0.3, -0.25) is 0 Å². The maximum atomic E-state index is 12.3. The molecule has 0 aromatic heterocycles. The highest BCUT2D eigenvalue weighted by Crippen LogP contribution is 2.51. The minimum Gasteiger partial charge on any atom is -0.595 e. The van der Waals surface area contributed by atoms with Crippen LogP contribution >= 0.6 is 8.03 Å². The molecule has 2 fully saturated rings. The summed E-state index contributed by atoms with van der Waals surface area (Å²) in [5.74, 6) is 0.440. The van der Waals surface area contributed by atoms with Crippen LogP contribution in [0.5, 0.6) is 0 Å². The molecule has 0 aliphatic heterocycles. The van der Waals surface area contributed by atoms with Gasteiger partial charge in [0.25, 0.3) is 0 Å². The van der Waals surface area contributed by atoms with Crippen LogP contribution < -0.4 is 4.89 Å². The Hall–Kier alpha value is 0.0600. The van der Waals surface area contributed by atoms with Gasteiger partial charge in [-0.25, -0.2) is 0 Å². The van der Waals surface area contributed by atoms with Gasteiger partial charge >= 0.3 is 8.03 Å². The van der Waals surface area contributed by atoms with Gasteiger partial charge in [-0.05, 0) is 38.5 Å². The minimum atomic E-state index is -2.30. The zero-order valence-electron chi connectivity index (χ0n) is 13.7. The smallest absolute Gasteiger partial charge is 0.315 e. The molecule has 2 nitrogen and oxygen atoms in total. The van der Waals surface area contributed by atoms with Gasteiger partial charge in [0.2, 0.25) is 0 Å². The summed E-state index contributed by atoms with van der Waals surface area (Å²) in [4.78, 5) is 12.3. The lowest BCUT2D eigenvalue weighted by atomic mass is 9.78. The highest BCUT2D eigenvalue weighted by Gasteiger charge is 2.48. The molecule has 1 atom stereocenters. The lowest BCUT2D eigenvalue weighted by molar-refractivity contribution is -0.172. The fourth-order valence-corrected chi connectivity index (χ4v) is 5.84. The lowest BCUT2D eigenvalue weighted by Crippen LogP contribution is -2.37. The van der Waals surface area contributed by atoms with Crippen molar-refractivity contribution < 1.29 is 9.46 Å². The van der Waals surface area contributed by atoms with Crippen molar-refractivity contribution in [3.05, 3.63) is 0 Å². The second-order valence-electron chi connectivity index (χ2n) is 7.38. The monoisotopic (exact) mass is 312 g/mol. The first-order chi connectivity index (χ1) is 10.3. The first-order valence-electron chi connectivity index (χ1n) is 9.40. The molecule has 0 bridgehead atoms. The number of rotatable bonds is 2. The Balaban J connectivity index is 2.13. The van der Waals surface area contributed by atoms with Crippen LogP contribution in [0.1, 0.15) is 103 Å². The molecule has 0 radical (unpaired) electrons. The maximum Gasteiger partial charge on any atom is 0.315 e. The Bertz CT molecular complexity index is 296. The molecular formula is C18H33O2P. The summed E-state index contributed by atoms with van der Waals surface area (Å²) in [5.41, 5.74) is 0. The third kappa shape index (κ3) is 5.03. The minimum absolute atomic E-state index is 0.357. The van der Waals surface area contributed by atoms with E-state index in [1.807, 2.05) is 0 Å². The van der Waals surface area contributed by atoms with E-state index in [1.54, 1.807) is 0 Å². The van der Waals surface area contributed by atoms with Crippen LogP contribution in [-0.4, -0.2) is 5.16 Å². The molecule has 1 unspecified atom stereocenters. The molecule has 122 valence electrons. The van der Waals surface area contributed by atoms with Crippen LogP contribution in [0.15, 0.2) is 0 Å². The standard InChI is InChI=1S/C18H33O2P/c19-21(20)18(15-11-7-3-4-8-12-16-18)17-13-9-5-1-2-6-10-14-17/h17H,1-16H2. The van der Waals surface area contributed by atoms with Crippen LogP contribution in [-0.2, 0) is 4.57 Å². The van der Waals surface area contributed by atoms with Crippen LogP contribution in [0.2, 0.25) is 0 Å². The van der Waals surface area contributed by atoms with Crippen LogP contribution in [0.25, 0.3) is 0 Å². The molecule has 0 amide bonds. The van der Waals surface area contributed by atoms with Crippen molar-refractivity contribution in [2.75, 3.05) is 0 Å². The van der Waals surface area contributed by atoms with Crippen molar-refractivity contribution in [1.29, 1.82) is 0 Å². The predicted octanol–water partition coefficient (Wildman–Crippen LogP) is 5.71. The summed E-state index contributed by atoms with van der Waals surface area (Å²) in [7, 11) is -2.30. The first kappa shape index (κ1) is 17.4. The van der Waals surface area contributed by atoms with Crippen LogP contribution in [0, 0.1) is 5.92 Å². The zero-order valence-corrected chi connectivity index (χ0v) is 14.5. The van der Waals surface area contributed by atoms with E-state index in [2.05, 4.69) is 0 Å². The maximum absolute atomic E-state index is 12.3. The summed E-state index contributed by atoms with van der Waals surface area (Å²) in [6, 6.07) is 0. The summed E-state index contributed by atoms with van der Waals surface area (Å²) in [6.07, 6.45) is 19.3. The summed E-state index contributed by atoms with van der Waals surface area (Å²) in [6.45, 7) is 0. The normalized spacial score (nSPS) is 27.4. The van der Waals surface area contributed by atoms with E-state index in [9.17, 15) is 9.46 Å². The van der Waals surface area contributed by atoms with E-state index in [-0.39, 0.29) is 5.16 Å². The Morgan fingerprint density at radius 1 is 0.667 bits per heavy atom. The fourth-order valence-electron chi connectivity index (χ4n) is 4.60. The Morgan fingerprint density at radius 2 is 1.05 bits per heavy atom. The van der Waals surface area contributed by atoms with Crippen molar-refractivity contribution in [2.24, 2.45) is 5.92 Å². The van der Waals surface area contributed by atoms with Crippen molar-refractivity contribution in [3.63, 3.8) is 0 Å². The van der Waals surface area contributed by atoms with E-state index in [0.717, 1.165) is 38.5 Å². The summed E-state index contributed by atoms with van der Waals surface area (Å²) < 4.78 is 12.3. The predicted molar refractivity (Wildman–Crippen MR) is 87.7 cm³/mol. The first-order valence-corrected chi connectivity index (χ1v) is 10.6. The molecule has 2 saturated carbocycles. The Morgan fingerprint density at radius 3 is 1.48 bits per heavy atom. The van der Waals surface area contributed by atoms with Gasteiger partial charge in [0.05, 0.1) is 0 Å². The van der Waals surface area contributed by atoms with Gasteiger partial charge in [-0.1, -0.05) is 68.8 Å². The summed E-state index contributed by atoms with van der Waals surface area (Å²) in [5, 5.41) is -0.357. The lowest BCUT2D eigenvalue weighted by Gasteiger charge is -2.34. The topological polar surface area (TPSA) is 40.1 Å². The Kier molecular flexibility index (Phi) is 7.68.